The van der Waals surface area contributed by atoms with Crippen molar-refractivity contribution in [2.75, 3.05) is 0 Å². The normalized spacial score (nSPS) is 12.6. The Bertz CT molecular complexity index is 1060. The van der Waals surface area contributed by atoms with Gasteiger partial charge in [0.05, 0.1) is 23.7 Å². The number of hydrogen-bond acceptors (Lipinski definition) is 5. The molecule has 2 aromatic rings. The van der Waals surface area contributed by atoms with Gasteiger partial charge >= 0.3 is 6.09 Å². The third-order valence-corrected chi connectivity index (χ3v) is 4.72. The van der Waals surface area contributed by atoms with E-state index in [9.17, 15) is 18.8 Å². The van der Waals surface area contributed by atoms with Gasteiger partial charge in [0, 0.05) is 23.2 Å². The lowest BCUT2D eigenvalue weighted by Gasteiger charge is -2.24. The van der Waals surface area contributed by atoms with Gasteiger partial charge in [0.2, 0.25) is 0 Å². The molecular formula is C25H31ClFN3O4. The third-order valence-electron chi connectivity index (χ3n) is 4.48. The van der Waals surface area contributed by atoms with Crippen molar-refractivity contribution in [2.24, 2.45) is 0 Å². The van der Waals surface area contributed by atoms with Gasteiger partial charge in [-0.1, -0.05) is 17.7 Å². The van der Waals surface area contributed by atoms with Crippen LogP contribution >= 0.6 is 11.6 Å². The lowest BCUT2D eigenvalue weighted by Crippen LogP contribution is -2.46. The summed E-state index contributed by atoms with van der Waals surface area (Å²) < 4.78 is 19.7. The molecule has 0 aliphatic carbocycles. The summed E-state index contributed by atoms with van der Waals surface area (Å²) >= 11 is 5.83. The maximum absolute atomic E-state index is 14.4. The second-order valence-corrected chi connectivity index (χ2v) is 10.4. The summed E-state index contributed by atoms with van der Waals surface area (Å²) in [6.07, 6.45) is 0.291. The Hall–Kier alpha value is -3.00. The molecule has 0 fully saturated rings. The first-order chi connectivity index (χ1) is 15.6. The SMILES string of the molecule is CC(C)(C)NC(=O)c1cccnc1CC(=O)C(Cc1ccc(Cl)cc1F)NC(=O)OC(C)(C)C. The topological polar surface area (TPSA) is 97.4 Å². The first-order valence-electron chi connectivity index (χ1n) is 10.9. The molecule has 1 atom stereocenters. The molecule has 1 unspecified atom stereocenters. The zero-order valence-corrected chi connectivity index (χ0v) is 21.0. The monoisotopic (exact) mass is 491 g/mol. The molecule has 0 spiro atoms. The van der Waals surface area contributed by atoms with Crippen molar-refractivity contribution >= 4 is 29.4 Å². The Morgan fingerprint density at radius 2 is 1.79 bits per heavy atom. The Kier molecular flexibility index (Phi) is 8.78. The van der Waals surface area contributed by atoms with Crippen LogP contribution in [0, 0.1) is 5.82 Å². The lowest BCUT2D eigenvalue weighted by molar-refractivity contribution is -0.120. The second kappa shape index (κ2) is 11.0. The predicted molar refractivity (Wildman–Crippen MR) is 128 cm³/mol. The van der Waals surface area contributed by atoms with E-state index in [0.717, 1.165) is 6.07 Å². The van der Waals surface area contributed by atoms with Crippen molar-refractivity contribution in [1.29, 1.82) is 0 Å². The van der Waals surface area contributed by atoms with Crippen LogP contribution in [0.1, 0.15) is 63.2 Å². The largest absolute Gasteiger partial charge is 0.444 e. The van der Waals surface area contributed by atoms with E-state index in [-0.39, 0.29) is 40.6 Å². The molecule has 184 valence electrons. The number of rotatable bonds is 7. The van der Waals surface area contributed by atoms with E-state index in [0.29, 0.717) is 0 Å². The zero-order chi connectivity index (χ0) is 25.7. The predicted octanol–water partition coefficient (Wildman–Crippen LogP) is 4.65. The molecule has 0 radical (unpaired) electrons. The van der Waals surface area contributed by atoms with E-state index in [2.05, 4.69) is 15.6 Å². The van der Waals surface area contributed by atoms with Crippen LogP contribution in [-0.2, 0) is 22.4 Å². The third kappa shape index (κ3) is 8.74. The summed E-state index contributed by atoms with van der Waals surface area (Å²) in [6, 6.07) is 6.16. The number of carbonyl (C=O) groups excluding carboxylic acids is 3. The molecule has 0 saturated carbocycles. The molecule has 0 bridgehead atoms. The highest BCUT2D eigenvalue weighted by molar-refractivity contribution is 6.30. The minimum Gasteiger partial charge on any atom is -0.444 e. The number of Topliss-reactive ketones (excluding diaryl/α,β-unsaturated/α-hetero) is 1. The summed E-state index contributed by atoms with van der Waals surface area (Å²) in [5.41, 5.74) is -0.574. The van der Waals surface area contributed by atoms with Crippen molar-refractivity contribution in [3.05, 3.63) is 64.2 Å². The van der Waals surface area contributed by atoms with E-state index in [4.69, 9.17) is 16.3 Å². The summed E-state index contributed by atoms with van der Waals surface area (Å²) in [4.78, 5) is 42.6. The molecule has 1 aromatic heterocycles. The minimum atomic E-state index is -1.12. The summed E-state index contributed by atoms with van der Waals surface area (Å²) in [5, 5.41) is 5.59. The van der Waals surface area contributed by atoms with Crippen molar-refractivity contribution in [3.63, 3.8) is 0 Å². The molecular weight excluding hydrogens is 461 g/mol. The van der Waals surface area contributed by atoms with Gasteiger partial charge in [0.15, 0.2) is 5.78 Å². The number of carbonyl (C=O) groups is 3. The average Bonchev–Trinajstić information content (AvgIpc) is 2.67. The number of ketones is 1. The van der Waals surface area contributed by atoms with Crippen LogP contribution in [0.5, 0.6) is 0 Å². The molecule has 2 rings (SSSR count). The van der Waals surface area contributed by atoms with Crippen LogP contribution in [0.2, 0.25) is 5.02 Å². The van der Waals surface area contributed by atoms with Gasteiger partial charge in [-0.3, -0.25) is 14.6 Å². The van der Waals surface area contributed by atoms with Gasteiger partial charge in [-0.2, -0.15) is 0 Å². The minimum absolute atomic E-state index is 0.128. The highest BCUT2D eigenvalue weighted by Crippen LogP contribution is 2.18. The molecule has 1 heterocycles. The first-order valence-corrected chi connectivity index (χ1v) is 11.2. The molecule has 0 aliphatic rings. The van der Waals surface area contributed by atoms with Gasteiger partial charge in [-0.25, -0.2) is 9.18 Å². The number of pyridine rings is 1. The van der Waals surface area contributed by atoms with E-state index in [1.165, 1.54) is 18.3 Å². The number of nitrogens with zero attached hydrogens (tertiary/aromatic N) is 1. The number of alkyl carbamates (subject to hydrolysis) is 1. The highest BCUT2D eigenvalue weighted by Gasteiger charge is 2.28. The molecule has 7 nitrogen and oxygen atoms in total. The van der Waals surface area contributed by atoms with Crippen molar-refractivity contribution in [1.82, 2.24) is 15.6 Å². The number of nitrogens with one attached hydrogen (secondary N) is 2. The first kappa shape index (κ1) is 27.2. The van der Waals surface area contributed by atoms with Gasteiger partial charge in [-0.05, 0) is 71.4 Å². The summed E-state index contributed by atoms with van der Waals surface area (Å²) in [6.45, 7) is 10.6. The zero-order valence-electron chi connectivity index (χ0n) is 20.3. The van der Waals surface area contributed by atoms with Crippen LogP contribution in [0.4, 0.5) is 9.18 Å². The number of ether oxygens (including phenoxy) is 1. The maximum Gasteiger partial charge on any atom is 0.408 e. The smallest absolute Gasteiger partial charge is 0.408 e. The summed E-state index contributed by atoms with van der Waals surface area (Å²) in [5.74, 6) is -1.42. The Morgan fingerprint density at radius 3 is 2.38 bits per heavy atom. The number of halogens is 2. The van der Waals surface area contributed by atoms with E-state index in [1.807, 2.05) is 20.8 Å². The fourth-order valence-electron chi connectivity index (χ4n) is 3.08. The Balaban J connectivity index is 2.31. The van der Waals surface area contributed by atoms with Crippen LogP contribution in [0.3, 0.4) is 0 Å². The Labute approximate surface area is 204 Å². The quantitative estimate of drug-likeness (QED) is 0.587. The van der Waals surface area contributed by atoms with Gasteiger partial charge < -0.3 is 15.4 Å². The number of hydrogen-bond donors (Lipinski definition) is 2. The fraction of sp³-hybridized carbons (Fsp3) is 0.440. The van der Waals surface area contributed by atoms with Crippen molar-refractivity contribution < 1.29 is 23.5 Å². The highest BCUT2D eigenvalue weighted by atomic mass is 35.5. The van der Waals surface area contributed by atoms with Gasteiger partial charge in [0.1, 0.15) is 11.4 Å². The van der Waals surface area contributed by atoms with Crippen molar-refractivity contribution in [3.8, 4) is 0 Å². The molecule has 1 aromatic carbocycles. The number of aromatic nitrogens is 1. The average molecular weight is 492 g/mol. The number of amides is 2. The standard InChI is InChI=1S/C25H31ClFN3O4/c1-24(2,3)30-22(32)17-8-7-11-28-19(17)14-21(31)20(29-23(33)34-25(4,5)6)12-15-9-10-16(26)13-18(15)27/h7-11,13,20H,12,14H2,1-6H3,(H,29,33)(H,30,32). The van der Waals surface area contributed by atoms with Crippen LogP contribution in [0.25, 0.3) is 0 Å². The molecule has 2 N–H and O–H groups in total. The molecule has 2 amide bonds. The van der Waals surface area contributed by atoms with Crippen LogP contribution in [-0.4, -0.2) is 39.9 Å². The van der Waals surface area contributed by atoms with Gasteiger partial charge in [-0.15, -0.1) is 0 Å². The van der Waals surface area contributed by atoms with Gasteiger partial charge in [0.25, 0.3) is 5.91 Å². The number of benzene rings is 1. The summed E-state index contributed by atoms with van der Waals surface area (Å²) in [7, 11) is 0. The molecule has 0 aliphatic heterocycles. The van der Waals surface area contributed by atoms with Crippen molar-refractivity contribution in [2.45, 2.75) is 71.6 Å². The van der Waals surface area contributed by atoms with E-state index in [1.54, 1.807) is 32.9 Å². The van der Waals surface area contributed by atoms with Crippen LogP contribution in [0.15, 0.2) is 36.5 Å². The lowest BCUT2D eigenvalue weighted by atomic mass is 9.97. The second-order valence-electron chi connectivity index (χ2n) is 9.98. The molecule has 9 heteroatoms. The van der Waals surface area contributed by atoms with Crippen LogP contribution < -0.4 is 10.6 Å². The van der Waals surface area contributed by atoms with E-state index >= 15 is 0 Å². The fourth-order valence-corrected chi connectivity index (χ4v) is 3.24. The van der Waals surface area contributed by atoms with E-state index < -0.39 is 34.9 Å². The Morgan fingerprint density at radius 1 is 1.12 bits per heavy atom. The molecule has 34 heavy (non-hydrogen) atoms. The molecule has 0 saturated heterocycles. The maximum atomic E-state index is 14.4.